The van der Waals surface area contributed by atoms with Crippen LogP contribution < -0.4 is 10.5 Å². The van der Waals surface area contributed by atoms with Crippen LogP contribution in [0.15, 0.2) is 34.8 Å². The Kier molecular flexibility index (Phi) is 4.14. The van der Waals surface area contributed by atoms with Crippen LogP contribution in [0.25, 0.3) is 0 Å². The van der Waals surface area contributed by atoms with Crippen molar-refractivity contribution >= 4 is 21.8 Å². The molecule has 0 bridgehead atoms. The van der Waals surface area contributed by atoms with Gasteiger partial charge in [-0.3, -0.25) is 4.79 Å². The molecule has 104 valence electrons. The van der Waals surface area contributed by atoms with Crippen LogP contribution in [0.5, 0.6) is 11.5 Å². The zero-order valence-corrected chi connectivity index (χ0v) is 13.2. The lowest BCUT2D eigenvalue weighted by Gasteiger charge is -2.12. The molecule has 0 aromatic heterocycles. The van der Waals surface area contributed by atoms with Gasteiger partial charge in [0.05, 0.1) is 5.56 Å². The Labute approximate surface area is 126 Å². The molecular formula is C16H16BrNO2. The topological polar surface area (TPSA) is 52.3 Å². The van der Waals surface area contributed by atoms with Crippen LogP contribution in [0.3, 0.4) is 0 Å². The van der Waals surface area contributed by atoms with Crippen LogP contribution in [0.2, 0.25) is 0 Å². The highest BCUT2D eigenvalue weighted by molar-refractivity contribution is 9.10. The second kappa shape index (κ2) is 5.67. The highest BCUT2D eigenvalue weighted by atomic mass is 79.9. The molecule has 0 fully saturated rings. The molecule has 3 nitrogen and oxygen atoms in total. The number of amides is 1. The van der Waals surface area contributed by atoms with E-state index in [2.05, 4.69) is 15.9 Å². The number of benzene rings is 2. The van der Waals surface area contributed by atoms with Crippen molar-refractivity contribution < 1.29 is 9.53 Å². The van der Waals surface area contributed by atoms with E-state index >= 15 is 0 Å². The summed E-state index contributed by atoms with van der Waals surface area (Å²) >= 11 is 3.52. The predicted molar refractivity (Wildman–Crippen MR) is 83.4 cm³/mol. The van der Waals surface area contributed by atoms with Crippen LogP contribution in [0, 0.1) is 20.8 Å². The fraction of sp³-hybridized carbons (Fsp3) is 0.188. The third-order valence-corrected chi connectivity index (χ3v) is 4.29. The first-order valence-electron chi connectivity index (χ1n) is 6.23. The Bertz CT molecular complexity index is 657. The molecule has 4 heteroatoms. The third-order valence-electron chi connectivity index (χ3n) is 3.04. The van der Waals surface area contributed by atoms with Gasteiger partial charge in [-0.15, -0.1) is 0 Å². The highest BCUT2D eigenvalue weighted by Gasteiger charge is 2.11. The molecule has 0 saturated heterocycles. The number of halogens is 1. The Morgan fingerprint density at radius 2 is 1.70 bits per heavy atom. The van der Waals surface area contributed by atoms with Crippen LogP contribution in [-0.2, 0) is 0 Å². The van der Waals surface area contributed by atoms with Crippen molar-refractivity contribution in [3.05, 3.63) is 57.1 Å². The maximum atomic E-state index is 11.4. The van der Waals surface area contributed by atoms with Crippen LogP contribution >= 0.6 is 15.9 Å². The molecule has 0 aliphatic carbocycles. The molecule has 0 spiro atoms. The molecule has 1 amide bonds. The molecule has 2 rings (SSSR count). The lowest BCUT2D eigenvalue weighted by atomic mass is 10.1. The summed E-state index contributed by atoms with van der Waals surface area (Å²) in [5.74, 6) is 0.681. The van der Waals surface area contributed by atoms with Gasteiger partial charge in [0.2, 0.25) is 0 Å². The molecule has 0 aliphatic rings. The normalized spacial score (nSPS) is 10.4. The maximum Gasteiger partial charge on any atom is 0.252 e. The van der Waals surface area contributed by atoms with Crippen molar-refractivity contribution in [3.63, 3.8) is 0 Å². The van der Waals surface area contributed by atoms with Crippen molar-refractivity contribution in [3.8, 4) is 11.5 Å². The lowest BCUT2D eigenvalue weighted by molar-refractivity contribution is 0.0998. The van der Waals surface area contributed by atoms with Crippen LogP contribution in [-0.4, -0.2) is 5.91 Å². The summed E-state index contributed by atoms with van der Waals surface area (Å²) in [6.07, 6.45) is 0. The summed E-state index contributed by atoms with van der Waals surface area (Å²) < 4.78 is 6.91. The molecule has 0 atom stereocenters. The van der Waals surface area contributed by atoms with E-state index in [0.29, 0.717) is 17.1 Å². The third kappa shape index (κ3) is 3.02. The van der Waals surface area contributed by atoms with Crippen molar-refractivity contribution in [2.75, 3.05) is 0 Å². The van der Waals surface area contributed by atoms with E-state index in [-0.39, 0.29) is 0 Å². The first-order valence-corrected chi connectivity index (χ1v) is 7.03. The number of primary amides is 1. The lowest BCUT2D eigenvalue weighted by Crippen LogP contribution is -2.12. The zero-order valence-electron chi connectivity index (χ0n) is 11.7. The summed E-state index contributed by atoms with van der Waals surface area (Å²) in [7, 11) is 0. The van der Waals surface area contributed by atoms with Crippen molar-refractivity contribution in [1.29, 1.82) is 0 Å². The molecular weight excluding hydrogens is 318 g/mol. The second-order valence-corrected chi connectivity index (χ2v) is 5.63. The van der Waals surface area contributed by atoms with E-state index < -0.39 is 5.91 Å². The summed E-state index contributed by atoms with van der Waals surface area (Å²) in [6, 6.07) is 9.18. The summed E-state index contributed by atoms with van der Waals surface area (Å²) in [5, 5.41) is 0. The summed E-state index contributed by atoms with van der Waals surface area (Å²) in [5.41, 5.74) is 8.92. The molecule has 0 radical (unpaired) electrons. The van der Waals surface area contributed by atoms with E-state index in [0.717, 1.165) is 21.2 Å². The quantitative estimate of drug-likeness (QED) is 0.911. The predicted octanol–water partition coefficient (Wildman–Crippen LogP) is 4.27. The number of ether oxygens (including phenoxy) is 1. The number of aryl methyl sites for hydroxylation is 3. The van der Waals surface area contributed by atoms with Crippen LogP contribution in [0.1, 0.15) is 27.0 Å². The Morgan fingerprint density at radius 3 is 2.25 bits per heavy atom. The molecule has 2 aromatic rings. The molecule has 20 heavy (non-hydrogen) atoms. The monoisotopic (exact) mass is 333 g/mol. The van der Waals surface area contributed by atoms with Gasteiger partial charge in [0, 0.05) is 4.47 Å². The van der Waals surface area contributed by atoms with Gasteiger partial charge >= 0.3 is 0 Å². The highest BCUT2D eigenvalue weighted by Crippen LogP contribution is 2.31. The van der Waals surface area contributed by atoms with Gasteiger partial charge < -0.3 is 10.5 Å². The Hall–Kier alpha value is -1.81. The standard InChI is InChI=1S/C16H16BrNO2/c1-9-4-5-13(16(18)19)14(6-9)20-12-7-10(2)15(17)11(3)8-12/h4-8H,1-3H3,(H2,18,19). The molecule has 0 heterocycles. The number of rotatable bonds is 3. The number of nitrogens with two attached hydrogens (primary N) is 1. The van der Waals surface area contributed by atoms with Crippen LogP contribution in [0.4, 0.5) is 0 Å². The van der Waals surface area contributed by atoms with Gasteiger partial charge in [-0.05, 0) is 61.7 Å². The largest absolute Gasteiger partial charge is 0.457 e. The minimum Gasteiger partial charge on any atom is -0.457 e. The first kappa shape index (κ1) is 14.6. The zero-order chi connectivity index (χ0) is 14.9. The minimum absolute atomic E-state index is 0.383. The number of carbonyl (C=O) groups is 1. The fourth-order valence-electron chi connectivity index (χ4n) is 2.01. The smallest absolute Gasteiger partial charge is 0.252 e. The van der Waals surface area contributed by atoms with E-state index in [1.807, 2.05) is 45.0 Å². The minimum atomic E-state index is -0.495. The number of hydrogen-bond donors (Lipinski definition) is 1. The summed E-state index contributed by atoms with van der Waals surface area (Å²) in [4.78, 5) is 11.4. The van der Waals surface area contributed by atoms with Gasteiger partial charge in [0.1, 0.15) is 11.5 Å². The van der Waals surface area contributed by atoms with Gasteiger partial charge in [-0.1, -0.05) is 22.0 Å². The average Bonchev–Trinajstić information content (AvgIpc) is 2.35. The van der Waals surface area contributed by atoms with Crippen molar-refractivity contribution in [2.24, 2.45) is 5.73 Å². The van der Waals surface area contributed by atoms with Gasteiger partial charge in [-0.2, -0.15) is 0 Å². The van der Waals surface area contributed by atoms with Gasteiger partial charge in [0.15, 0.2) is 0 Å². The fourth-order valence-corrected chi connectivity index (χ4v) is 2.24. The van der Waals surface area contributed by atoms with Gasteiger partial charge in [-0.25, -0.2) is 0 Å². The van der Waals surface area contributed by atoms with E-state index in [1.165, 1.54) is 0 Å². The van der Waals surface area contributed by atoms with E-state index in [1.54, 1.807) is 6.07 Å². The molecule has 2 N–H and O–H groups in total. The maximum absolute atomic E-state index is 11.4. The number of hydrogen-bond acceptors (Lipinski definition) is 2. The van der Waals surface area contributed by atoms with E-state index in [4.69, 9.17) is 10.5 Å². The SMILES string of the molecule is Cc1ccc(C(N)=O)c(Oc2cc(C)c(Br)c(C)c2)c1. The molecule has 0 unspecified atom stereocenters. The van der Waals surface area contributed by atoms with Crippen molar-refractivity contribution in [2.45, 2.75) is 20.8 Å². The summed E-state index contributed by atoms with van der Waals surface area (Å²) in [6.45, 7) is 5.93. The first-order chi connectivity index (χ1) is 9.38. The average molecular weight is 334 g/mol. The Morgan fingerprint density at radius 1 is 1.10 bits per heavy atom. The van der Waals surface area contributed by atoms with E-state index in [9.17, 15) is 4.79 Å². The Balaban J connectivity index is 2.44. The molecule has 2 aromatic carbocycles. The van der Waals surface area contributed by atoms with Crippen molar-refractivity contribution in [1.82, 2.24) is 0 Å². The second-order valence-electron chi connectivity index (χ2n) is 4.84. The van der Waals surface area contributed by atoms with Gasteiger partial charge in [0.25, 0.3) is 5.91 Å². The number of carbonyl (C=O) groups excluding carboxylic acids is 1. The molecule has 0 aliphatic heterocycles. The molecule has 0 saturated carbocycles.